The topological polar surface area (TPSA) is 76.4 Å². The van der Waals surface area contributed by atoms with Crippen LogP contribution in [0.15, 0.2) is 42.5 Å². The number of carbonyl (C=O) groups excluding carboxylic acids is 2. The fraction of sp³-hybridized carbons (Fsp3) is 0.318. The minimum absolute atomic E-state index is 0.0608. The molecule has 0 bridgehead atoms. The van der Waals surface area contributed by atoms with Crippen molar-refractivity contribution in [3.63, 3.8) is 0 Å². The van der Waals surface area contributed by atoms with Crippen LogP contribution in [-0.4, -0.2) is 54.3 Å². The van der Waals surface area contributed by atoms with E-state index in [1.807, 2.05) is 24.3 Å². The van der Waals surface area contributed by atoms with E-state index in [1.54, 1.807) is 17.0 Å². The van der Waals surface area contributed by atoms with Crippen LogP contribution < -0.4 is 5.32 Å². The number of hydrogen-bond acceptors (Lipinski definition) is 4. The smallest absolute Gasteiger partial charge is 0.251 e. The van der Waals surface area contributed by atoms with Crippen molar-refractivity contribution in [1.29, 1.82) is 5.26 Å². The highest BCUT2D eigenvalue weighted by molar-refractivity contribution is 6.42. The summed E-state index contributed by atoms with van der Waals surface area (Å²) in [6, 6.07) is 14.3. The van der Waals surface area contributed by atoms with Gasteiger partial charge in [0.1, 0.15) is 0 Å². The molecule has 2 amide bonds. The lowest BCUT2D eigenvalue weighted by atomic mass is 10.1. The molecule has 2 aromatic rings. The van der Waals surface area contributed by atoms with Crippen molar-refractivity contribution >= 4 is 35.0 Å². The second-order valence-electron chi connectivity index (χ2n) is 7.13. The van der Waals surface area contributed by atoms with Crippen LogP contribution in [-0.2, 0) is 11.3 Å². The summed E-state index contributed by atoms with van der Waals surface area (Å²) < 4.78 is 0. The van der Waals surface area contributed by atoms with Crippen molar-refractivity contribution in [1.82, 2.24) is 15.1 Å². The molecule has 156 valence electrons. The van der Waals surface area contributed by atoms with Gasteiger partial charge in [-0.3, -0.25) is 14.5 Å². The molecule has 1 fully saturated rings. The number of halogens is 2. The monoisotopic (exact) mass is 444 g/mol. The van der Waals surface area contributed by atoms with E-state index in [2.05, 4.69) is 16.3 Å². The SMILES string of the molecule is N#Cc1ccc(CN2CCCN(C(=O)CNC(=O)c3ccc(Cl)c(Cl)c3)CC2)cc1. The summed E-state index contributed by atoms with van der Waals surface area (Å²) in [5.41, 5.74) is 2.15. The molecule has 1 saturated heterocycles. The summed E-state index contributed by atoms with van der Waals surface area (Å²) in [7, 11) is 0. The number of amides is 2. The van der Waals surface area contributed by atoms with Gasteiger partial charge in [-0.1, -0.05) is 35.3 Å². The Labute approximate surface area is 186 Å². The zero-order chi connectivity index (χ0) is 21.5. The Hall–Kier alpha value is -2.59. The fourth-order valence-electron chi connectivity index (χ4n) is 3.33. The molecule has 1 N–H and O–H groups in total. The number of carbonyl (C=O) groups is 2. The third-order valence-electron chi connectivity index (χ3n) is 5.01. The average molecular weight is 445 g/mol. The van der Waals surface area contributed by atoms with Gasteiger partial charge in [-0.25, -0.2) is 0 Å². The van der Waals surface area contributed by atoms with Crippen molar-refractivity contribution in [3.05, 3.63) is 69.2 Å². The quantitative estimate of drug-likeness (QED) is 0.766. The Morgan fingerprint density at radius 3 is 2.47 bits per heavy atom. The molecule has 0 aromatic heterocycles. The van der Waals surface area contributed by atoms with Gasteiger partial charge in [-0.05, 0) is 42.3 Å². The van der Waals surface area contributed by atoms with E-state index in [9.17, 15) is 9.59 Å². The number of nitriles is 1. The molecule has 0 saturated carbocycles. The maximum atomic E-state index is 12.6. The molecule has 1 heterocycles. The van der Waals surface area contributed by atoms with Crippen LogP contribution in [0.25, 0.3) is 0 Å². The largest absolute Gasteiger partial charge is 0.343 e. The molecule has 6 nitrogen and oxygen atoms in total. The summed E-state index contributed by atoms with van der Waals surface area (Å²) >= 11 is 11.8. The Kier molecular flexibility index (Phi) is 7.69. The summed E-state index contributed by atoms with van der Waals surface area (Å²) in [5.74, 6) is -0.470. The maximum absolute atomic E-state index is 12.6. The lowest BCUT2D eigenvalue weighted by Gasteiger charge is -2.22. The molecule has 30 heavy (non-hydrogen) atoms. The minimum atomic E-state index is -0.362. The van der Waals surface area contributed by atoms with Crippen molar-refractivity contribution in [2.75, 3.05) is 32.7 Å². The van der Waals surface area contributed by atoms with E-state index >= 15 is 0 Å². The molecular formula is C22H22Cl2N4O2. The predicted molar refractivity (Wildman–Crippen MR) is 116 cm³/mol. The Morgan fingerprint density at radius 1 is 1.00 bits per heavy atom. The van der Waals surface area contributed by atoms with Gasteiger partial charge >= 0.3 is 0 Å². The highest BCUT2D eigenvalue weighted by Gasteiger charge is 2.20. The Balaban J connectivity index is 1.48. The van der Waals surface area contributed by atoms with Crippen LogP contribution in [0.5, 0.6) is 0 Å². The first-order valence-corrected chi connectivity index (χ1v) is 10.4. The lowest BCUT2D eigenvalue weighted by Crippen LogP contribution is -2.42. The van der Waals surface area contributed by atoms with E-state index in [1.165, 1.54) is 6.07 Å². The number of hydrogen-bond donors (Lipinski definition) is 1. The van der Waals surface area contributed by atoms with Gasteiger partial charge in [-0.2, -0.15) is 5.26 Å². The summed E-state index contributed by atoms with van der Waals surface area (Å²) in [6.45, 7) is 3.63. The highest BCUT2D eigenvalue weighted by atomic mass is 35.5. The molecule has 0 radical (unpaired) electrons. The summed E-state index contributed by atoms with van der Waals surface area (Å²) in [6.07, 6.45) is 0.864. The summed E-state index contributed by atoms with van der Waals surface area (Å²) in [5, 5.41) is 12.2. The molecule has 2 aromatic carbocycles. The van der Waals surface area contributed by atoms with Gasteiger partial charge in [-0.15, -0.1) is 0 Å². The zero-order valence-electron chi connectivity index (χ0n) is 16.4. The van der Waals surface area contributed by atoms with Crippen LogP contribution in [0, 0.1) is 11.3 Å². The van der Waals surface area contributed by atoms with Gasteiger partial charge in [0.15, 0.2) is 0 Å². The molecule has 0 unspecified atom stereocenters. The van der Waals surface area contributed by atoms with Gasteiger partial charge < -0.3 is 10.2 Å². The van der Waals surface area contributed by atoms with Gasteiger partial charge in [0.05, 0.1) is 28.2 Å². The van der Waals surface area contributed by atoms with Gasteiger partial charge in [0.2, 0.25) is 5.91 Å². The van der Waals surface area contributed by atoms with Gasteiger partial charge in [0, 0.05) is 38.3 Å². The van der Waals surface area contributed by atoms with E-state index in [4.69, 9.17) is 28.5 Å². The molecule has 1 aliphatic heterocycles. The van der Waals surface area contributed by atoms with Crippen molar-refractivity contribution in [2.24, 2.45) is 0 Å². The molecule has 0 aliphatic carbocycles. The van der Waals surface area contributed by atoms with E-state index in [-0.39, 0.29) is 18.4 Å². The second-order valence-corrected chi connectivity index (χ2v) is 7.95. The molecule has 0 spiro atoms. The van der Waals surface area contributed by atoms with Crippen molar-refractivity contribution in [2.45, 2.75) is 13.0 Å². The average Bonchev–Trinajstić information content (AvgIpc) is 3.00. The third kappa shape index (κ3) is 5.96. The highest BCUT2D eigenvalue weighted by Crippen LogP contribution is 2.22. The van der Waals surface area contributed by atoms with Crippen LogP contribution in [0.1, 0.15) is 27.9 Å². The van der Waals surface area contributed by atoms with Crippen molar-refractivity contribution in [3.8, 4) is 6.07 Å². The first-order chi connectivity index (χ1) is 14.5. The van der Waals surface area contributed by atoms with Crippen LogP contribution in [0.4, 0.5) is 0 Å². The van der Waals surface area contributed by atoms with Gasteiger partial charge in [0.25, 0.3) is 5.91 Å². The molecular weight excluding hydrogens is 423 g/mol. The Morgan fingerprint density at radius 2 is 1.77 bits per heavy atom. The van der Waals surface area contributed by atoms with Crippen LogP contribution in [0.2, 0.25) is 10.0 Å². The number of rotatable bonds is 5. The number of benzene rings is 2. The normalized spacial score (nSPS) is 14.6. The first-order valence-electron chi connectivity index (χ1n) is 9.68. The second kappa shape index (κ2) is 10.4. The summed E-state index contributed by atoms with van der Waals surface area (Å²) in [4.78, 5) is 28.9. The molecule has 0 atom stereocenters. The third-order valence-corrected chi connectivity index (χ3v) is 5.75. The van der Waals surface area contributed by atoms with E-state index in [0.717, 1.165) is 31.6 Å². The lowest BCUT2D eigenvalue weighted by molar-refractivity contribution is -0.130. The van der Waals surface area contributed by atoms with E-state index < -0.39 is 0 Å². The maximum Gasteiger partial charge on any atom is 0.251 e. The molecule has 1 aliphatic rings. The number of nitrogens with one attached hydrogen (secondary N) is 1. The van der Waals surface area contributed by atoms with Crippen molar-refractivity contribution < 1.29 is 9.59 Å². The number of nitrogens with zero attached hydrogens (tertiary/aromatic N) is 3. The fourth-order valence-corrected chi connectivity index (χ4v) is 3.63. The standard InChI is InChI=1S/C22H22Cl2N4O2/c23-19-7-6-18(12-20(19)24)22(30)26-14-21(29)28-9-1-8-27(10-11-28)15-17-4-2-16(13-25)3-5-17/h2-7,12H,1,8-11,14-15H2,(H,26,30). The first kappa shape index (κ1) is 22.1. The molecule has 3 rings (SSSR count). The minimum Gasteiger partial charge on any atom is -0.343 e. The Bertz CT molecular complexity index is 957. The van der Waals surface area contributed by atoms with Crippen LogP contribution >= 0.6 is 23.2 Å². The molecule has 8 heteroatoms. The zero-order valence-corrected chi connectivity index (χ0v) is 17.9. The predicted octanol–water partition coefficient (Wildman–Crippen LogP) is 3.33. The van der Waals surface area contributed by atoms with E-state index in [0.29, 0.717) is 34.3 Å². The van der Waals surface area contributed by atoms with Crippen LogP contribution in [0.3, 0.4) is 0 Å².